The van der Waals surface area contributed by atoms with E-state index in [-0.39, 0.29) is 191 Å². The van der Waals surface area contributed by atoms with Crippen LogP contribution >= 0.6 is 46.8 Å². The number of amides is 2. The number of nitrogens with one attached hydrogen (secondary N) is 2. The number of fused-ring (bicyclic) bond motifs is 4. The van der Waals surface area contributed by atoms with Crippen molar-refractivity contribution in [2.75, 3.05) is 108 Å². The summed E-state index contributed by atoms with van der Waals surface area (Å²) in [5.74, 6) is -10.2. The molecule has 4 aliphatic heterocycles. The van der Waals surface area contributed by atoms with Crippen molar-refractivity contribution in [2.45, 2.75) is 274 Å². The summed E-state index contributed by atoms with van der Waals surface area (Å²) in [5, 5.41) is 59.9. The fourth-order valence-corrected chi connectivity index (χ4v) is 19.4. The molecule has 2 unspecified atom stereocenters. The summed E-state index contributed by atoms with van der Waals surface area (Å²) in [6.07, 6.45) is -1.74. The van der Waals surface area contributed by atoms with Crippen LogP contribution in [-0.4, -0.2) is 311 Å². The molecule has 2 amide bonds. The zero-order valence-electron chi connectivity index (χ0n) is 82.0. The number of carbonyl (C=O) groups excluding carboxylic acids is 5. The number of carboxylic acid groups (broad SMARTS) is 1. The average Bonchev–Trinajstić information content (AvgIpc) is 1.58. The van der Waals surface area contributed by atoms with Gasteiger partial charge in [-0.25, -0.2) is 33.3 Å². The summed E-state index contributed by atoms with van der Waals surface area (Å²) >= 11 is 5.56. The highest BCUT2D eigenvalue weighted by atomic mass is 35.5. The van der Waals surface area contributed by atoms with Crippen LogP contribution in [0.25, 0.3) is 5.53 Å². The van der Waals surface area contributed by atoms with Gasteiger partial charge in [-0.3, -0.25) is 9.13 Å². The Morgan fingerprint density at radius 3 is 1.14 bits per heavy atom. The van der Waals surface area contributed by atoms with Gasteiger partial charge in [0.25, 0.3) is 11.7 Å². The van der Waals surface area contributed by atoms with Crippen molar-refractivity contribution in [1.29, 1.82) is 0 Å². The Balaban J connectivity index is 0.000000346. The quantitative estimate of drug-likeness (QED) is 0.00548. The summed E-state index contributed by atoms with van der Waals surface area (Å²) in [5.41, 5.74) is 32.5. The number of nitrogens with two attached hydrogens (primary N) is 4. The topological polar surface area (TPSA) is 643 Å². The van der Waals surface area contributed by atoms with Gasteiger partial charge in [0.2, 0.25) is 0 Å². The molecule has 0 bridgehead atoms. The number of halogens is 2. The summed E-state index contributed by atoms with van der Waals surface area (Å²) in [7, 11) is -3.02. The summed E-state index contributed by atoms with van der Waals surface area (Å²) in [6.45, 7) is 26.2. The number of esters is 3. The second-order valence-electron chi connectivity index (χ2n) is 35.4. The third kappa shape index (κ3) is 36.1. The van der Waals surface area contributed by atoms with Crippen LogP contribution < -0.4 is 33.6 Å². The van der Waals surface area contributed by atoms with Crippen molar-refractivity contribution in [3.8, 4) is 0 Å². The summed E-state index contributed by atoms with van der Waals surface area (Å²) in [4.78, 5) is 73.2. The lowest BCUT2D eigenvalue weighted by atomic mass is 10.1. The van der Waals surface area contributed by atoms with E-state index < -0.39 is 130 Å². The van der Waals surface area contributed by atoms with E-state index in [2.05, 4.69) is 29.2 Å². The van der Waals surface area contributed by atoms with Crippen molar-refractivity contribution in [3.63, 3.8) is 0 Å². The van der Waals surface area contributed by atoms with Crippen molar-refractivity contribution in [1.82, 2.24) is 10.6 Å². The average molecular weight is 2070 g/mol. The van der Waals surface area contributed by atoms with Gasteiger partial charge in [0.05, 0.1) is 92.4 Å². The van der Waals surface area contributed by atoms with Gasteiger partial charge in [-0.15, -0.1) is 17.2 Å². The molecule has 50 heteroatoms. The number of anilines is 1. The Bertz CT molecular complexity index is 4430. The first kappa shape index (κ1) is 124. The normalized spacial score (nSPS) is 28.1. The fraction of sp³-hybridized carbons (Fsp3) is 0.716. The molecule has 22 atom stereocenters. The van der Waals surface area contributed by atoms with Crippen LogP contribution in [0.15, 0.2) is 78.9 Å². The first-order valence-corrected chi connectivity index (χ1v) is 49.6. The summed E-state index contributed by atoms with van der Waals surface area (Å²) < 4.78 is 154. The van der Waals surface area contributed by atoms with E-state index in [1.165, 1.54) is 40.6 Å². The zero-order valence-corrected chi connectivity index (χ0v) is 86.2. The number of hydrogen-bond donors (Lipinski definition) is 12. The first-order chi connectivity index (χ1) is 64.2. The molecule has 16 N–H and O–H groups in total. The molecule has 12 rings (SSSR count). The number of aliphatic hydroxyl groups excluding tert-OH is 5. The number of ether oxygens (including phenoxy) is 16. The van der Waals surface area contributed by atoms with Crippen LogP contribution in [0.1, 0.15) is 151 Å². The minimum atomic E-state index is -3.92. The molecule has 45 nitrogen and oxygen atoms in total. The van der Waals surface area contributed by atoms with Crippen molar-refractivity contribution >= 4 is 94.0 Å². The first-order valence-electron chi connectivity index (χ1n) is 44.5. The largest absolute Gasteiger partial charge is 0.484 e. The highest BCUT2D eigenvalue weighted by Crippen LogP contribution is 2.55. The molecule has 788 valence electrons. The fourth-order valence-electron chi connectivity index (χ4n) is 16.0. The molecule has 138 heavy (non-hydrogen) atoms. The number of hydrogen-bond acceptors (Lipinski definition) is 40. The maximum atomic E-state index is 12.9. The molecule has 4 heterocycles. The number of alkyl carbamates (subject to hydrolysis) is 2. The predicted molar refractivity (Wildman–Crippen MR) is 500 cm³/mol. The summed E-state index contributed by atoms with van der Waals surface area (Å²) in [6, 6.07) is 22.2. The van der Waals surface area contributed by atoms with Crippen LogP contribution in [0.4, 0.5) is 15.3 Å². The number of carboxylic acids is 1. The highest BCUT2D eigenvalue weighted by molar-refractivity contribution is 7.74. The van der Waals surface area contributed by atoms with Crippen molar-refractivity contribution in [3.05, 3.63) is 106 Å². The second-order valence-corrected chi connectivity index (χ2v) is 42.5. The molecular formula is C88H145Cl2N8O37P3. The van der Waals surface area contributed by atoms with Gasteiger partial charge < -0.3 is 173 Å². The van der Waals surface area contributed by atoms with E-state index in [4.69, 9.17) is 155 Å². The molecule has 9 fully saturated rings. The second kappa shape index (κ2) is 56.7. The van der Waals surface area contributed by atoms with Gasteiger partial charge in [0, 0.05) is 123 Å². The Kier molecular flexibility index (Phi) is 50.9. The van der Waals surface area contributed by atoms with E-state index >= 15 is 0 Å². The number of benzene rings is 3. The van der Waals surface area contributed by atoms with E-state index in [9.17, 15) is 47.6 Å². The minimum Gasteiger partial charge on any atom is -0.478 e. The van der Waals surface area contributed by atoms with E-state index in [0.29, 0.717) is 25.7 Å². The lowest BCUT2D eigenvalue weighted by Crippen LogP contribution is -2.43. The van der Waals surface area contributed by atoms with Crippen LogP contribution in [-0.2, 0) is 144 Å². The number of aromatic carboxylic acids is 1. The van der Waals surface area contributed by atoms with Crippen LogP contribution in [0.2, 0.25) is 5.02 Å². The highest BCUT2D eigenvalue weighted by Gasteiger charge is 2.59. The minimum absolute atomic E-state index is 0. The van der Waals surface area contributed by atoms with Crippen LogP contribution in [0, 0.1) is 29.6 Å². The molecule has 9 aliphatic rings. The van der Waals surface area contributed by atoms with E-state index in [1.54, 1.807) is 47.8 Å². The van der Waals surface area contributed by atoms with Crippen molar-refractivity contribution < 1.29 is 181 Å². The zero-order chi connectivity index (χ0) is 103. The van der Waals surface area contributed by atoms with E-state index in [0.717, 1.165) is 31.8 Å². The third-order valence-electron chi connectivity index (χ3n) is 22.7. The Morgan fingerprint density at radius 1 is 0.486 bits per heavy atom. The number of nitrogen functional groups attached to an aromatic ring is 1. The molecule has 0 aromatic heterocycles. The van der Waals surface area contributed by atoms with Gasteiger partial charge in [0.1, 0.15) is 43.2 Å². The Hall–Kier alpha value is -6.47. The molecule has 4 saturated heterocycles. The van der Waals surface area contributed by atoms with E-state index in [1.807, 2.05) is 123 Å². The monoisotopic (exact) mass is 2070 g/mol. The molecule has 3 aromatic rings. The lowest BCUT2D eigenvalue weighted by molar-refractivity contribution is -0.165. The van der Waals surface area contributed by atoms with Gasteiger partial charge in [0.15, 0.2) is 23.1 Å². The number of aliphatic hydroxyl groups is 5. The maximum Gasteiger partial charge on any atom is 0.484 e. The van der Waals surface area contributed by atoms with Crippen LogP contribution in [0.5, 0.6) is 0 Å². The number of rotatable bonds is 31. The van der Waals surface area contributed by atoms with Gasteiger partial charge in [-0.2, -0.15) is 0 Å². The van der Waals surface area contributed by atoms with Gasteiger partial charge >= 0.3 is 64.3 Å². The Labute approximate surface area is 816 Å². The number of nitrogens with zero attached hydrogens (tertiary/aromatic N) is 2. The maximum absolute atomic E-state index is 12.9. The van der Waals surface area contributed by atoms with Crippen molar-refractivity contribution in [2.24, 2.45) is 46.8 Å². The molecule has 0 radical (unpaired) electrons. The molecule has 3 aromatic carbocycles. The third-order valence-corrected chi connectivity index (χ3v) is 28.6. The predicted octanol–water partition coefficient (Wildman–Crippen LogP) is 8.30. The SMILES string of the molecule is CC1(C)O[C@@H]2[C@@H](CO)C[C@@H](N)[C@@H]2O1.CC1(C)O[C@@H]2[C@@H](CO)C[C@@H](NC(=O)OCc3ccccc3)[C@@H]2O1.CCOC(=O)C(=[N+]=[N-])P(=O)(OC)OC.CCOC(=O)C(OC[C@H]1C[C@@H](N)[C@@H]2OC(C)(C)O[C@H]12)P(=O)(OC)OC.CCOC(=O)C(OC[C@H]1C[C@@H](NC(=O)OCc2ccccc2)[C@@H]2OC(C)(C)O[C@H]12)P(=O)(OC)OC.COC(C)(C)C.Cl.N[C@@H]1C[C@H](CO)[C@@H](O)[C@H]1O.Nc1cccc(Cl)c1C(=O)O. The van der Waals surface area contributed by atoms with Crippen LogP contribution in [0.3, 0.4) is 0 Å². The molecule has 0 spiro atoms. The van der Waals surface area contributed by atoms with Gasteiger partial charge in [-0.05, 0) is 152 Å². The molecule has 5 aliphatic carbocycles. The van der Waals surface area contributed by atoms with Gasteiger partial charge in [-0.1, -0.05) is 78.3 Å². The number of methoxy groups -OCH3 is 1. The standard InChI is InChI=1S/C23H34NO10P.C17H23NO5.C15H28NO8P.C9H17NO3.C7H6ClNO2.C6H11N2O5P.C6H13NO3.C5H12O.ClH/c1-6-30-20(25)21(35(27,28-4)29-5)31-14-16-12-17(19-18(16)33-23(2,3)34-19)24-22(26)32-13-15-10-8-7-9-11-15;1-17(2)22-14-12(9-19)8-13(15(14)23-17)18-16(20)21-10-11-6-4-3-5-7-11;1-6-21-13(17)14(25(18,19-4)20-5)22-8-9-7-10(16)12-11(9)23-15(2,3)24-12;1-9(2)12-7-5(4-11)3-6(10)8(7)13-9;8-4-2-1-3-5(9)6(4)7(10)11;1-4-13-6(9)5(8-7)14(10,11-2)12-3;7-4-1-3(2-8)5(9)6(4)10;1-5(2,3)6-4;/h7-11,16-19,21H,6,12-14H2,1-5H3,(H,24,26);3-7,12-15,19H,8-10H2,1-2H3,(H,18,20);9-12,14H,6-8,16H2,1-5H3;5-8,11H,3-4,10H2,1-2H3;1-3H,9H2,(H,10,11);4H2,1-3H3;3-6,8-10H,1-2,7H2;1-4H3;1H/t16-,17-,18-,19+,21?;12-,13-,14-,15+;9-,10-,11-,12+,14?;5-,6-,7-,8+;;;3-,4-,5-,6+;;/m1111..1../s1. The Morgan fingerprint density at radius 2 is 0.819 bits per heavy atom. The smallest absolute Gasteiger partial charge is 0.478 e. The lowest BCUT2D eigenvalue weighted by Gasteiger charge is -2.26. The molecule has 5 saturated carbocycles. The molecular weight excluding hydrogens is 1920 g/mol. The number of carbonyl (C=O) groups is 6.